The van der Waals surface area contributed by atoms with Crippen molar-refractivity contribution in [1.82, 2.24) is 19.9 Å². The van der Waals surface area contributed by atoms with Crippen LogP contribution in [0.1, 0.15) is 43.4 Å². The summed E-state index contributed by atoms with van der Waals surface area (Å²) >= 11 is 0. The maximum atomic E-state index is 12.8. The lowest BCUT2D eigenvalue weighted by Crippen LogP contribution is -2.35. The molecule has 2 heterocycles. The van der Waals surface area contributed by atoms with E-state index in [0.29, 0.717) is 25.3 Å². The predicted octanol–water partition coefficient (Wildman–Crippen LogP) is 2.17. The van der Waals surface area contributed by atoms with Crippen LogP contribution in [0.5, 0.6) is 5.75 Å². The summed E-state index contributed by atoms with van der Waals surface area (Å²) in [6, 6.07) is 7.61. The number of hydrogen-bond donors (Lipinski definition) is 1. The van der Waals surface area contributed by atoms with E-state index in [1.807, 2.05) is 49.9 Å². The number of nitrogens with zero attached hydrogens (tertiary/aromatic N) is 4. The molecule has 26 heavy (non-hydrogen) atoms. The zero-order valence-corrected chi connectivity index (χ0v) is 15.9. The van der Waals surface area contributed by atoms with E-state index in [9.17, 15) is 4.79 Å². The zero-order valence-electron chi connectivity index (χ0n) is 15.9. The van der Waals surface area contributed by atoms with Crippen LogP contribution in [0.25, 0.3) is 5.69 Å². The summed E-state index contributed by atoms with van der Waals surface area (Å²) in [5.41, 5.74) is 7.81. The fourth-order valence-corrected chi connectivity index (χ4v) is 3.22. The minimum Gasteiger partial charge on any atom is -0.491 e. The van der Waals surface area contributed by atoms with Crippen molar-refractivity contribution in [1.29, 1.82) is 0 Å². The molecule has 1 aromatic heterocycles. The molecular weight excluding hydrogens is 330 g/mol. The van der Waals surface area contributed by atoms with Gasteiger partial charge in [0.2, 0.25) is 0 Å². The van der Waals surface area contributed by atoms with Crippen molar-refractivity contribution >= 4 is 5.91 Å². The number of likely N-dealkylation sites (tertiary alicyclic amines) is 1. The number of rotatable bonds is 5. The SMILES string of the molecule is Cc1c(C(=O)N2CCC(C)(CN)C2)nnn1-c1ccc(OC(C)C)cc1. The first-order valence-electron chi connectivity index (χ1n) is 9.02. The molecule has 0 bridgehead atoms. The molecule has 2 N–H and O–H groups in total. The Kier molecular flexibility index (Phi) is 5.00. The number of amides is 1. The minimum absolute atomic E-state index is 0.00813. The first-order valence-corrected chi connectivity index (χ1v) is 9.02. The van der Waals surface area contributed by atoms with Gasteiger partial charge in [0.05, 0.1) is 17.5 Å². The Morgan fingerprint density at radius 3 is 2.62 bits per heavy atom. The van der Waals surface area contributed by atoms with E-state index in [1.54, 1.807) is 4.68 Å². The van der Waals surface area contributed by atoms with Gasteiger partial charge >= 0.3 is 0 Å². The maximum absolute atomic E-state index is 12.8. The monoisotopic (exact) mass is 357 g/mol. The molecule has 1 unspecified atom stereocenters. The second-order valence-electron chi connectivity index (χ2n) is 7.59. The molecule has 0 aliphatic carbocycles. The Balaban J connectivity index is 1.79. The lowest BCUT2D eigenvalue weighted by Gasteiger charge is -2.22. The Morgan fingerprint density at radius 1 is 1.35 bits per heavy atom. The number of aromatic nitrogens is 3. The highest BCUT2D eigenvalue weighted by molar-refractivity contribution is 5.93. The average molecular weight is 357 g/mol. The molecule has 0 spiro atoms. The molecule has 1 aromatic carbocycles. The van der Waals surface area contributed by atoms with Crippen molar-refractivity contribution in [3.63, 3.8) is 0 Å². The predicted molar refractivity (Wildman–Crippen MR) is 99.5 cm³/mol. The summed E-state index contributed by atoms with van der Waals surface area (Å²) in [4.78, 5) is 14.7. The van der Waals surface area contributed by atoms with Crippen LogP contribution in [0, 0.1) is 12.3 Å². The average Bonchev–Trinajstić information content (AvgIpc) is 3.19. The molecule has 2 aromatic rings. The standard InChI is InChI=1S/C19H27N5O2/c1-13(2)26-16-7-5-15(6-8-16)24-14(3)17(21-22-24)18(25)23-10-9-19(4,11-20)12-23/h5-8,13H,9-12,20H2,1-4H3. The van der Waals surface area contributed by atoms with E-state index in [2.05, 4.69) is 17.2 Å². The lowest BCUT2D eigenvalue weighted by atomic mass is 9.90. The van der Waals surface area contributed by atoms with Crippen LogP contribution < -0.4 is 10.5 Å². The maximum Gasteiger partial charge on any atom is 0.276 e. The zero-order chi connectivity index (χ0) is 18.9. The Labute approximate surface area is 154 Å². The largest absolute Gasteiger partial charge is 0.491 e. The van der Waals surface area contributed by atoms with Crippen molar-refractivity contribution in [2.45, 2.75) is 40.2 Å². The van der Waals surface area contributed by atoms with Crippen molar-refractivity contribution in [3.8, 4) is 11.4 Å². The number of carbonyl (C=O) groups excluding carboxylic acids is 1. The molecule has 7 heteroatoms. The number of ether oxygens (including phenoxy) is 1. The molecule has 1 aliphatic rings. The summed E-state index contributed by atoms with van der Waals surface area (Å²) in [5.74, 6) is 0.724. The quantitative estimate of drug-likeness (QED) is 0.886. The number of benzene rings is 1. The van der Waals surface area contributed by atoms with Gasteiger partial charge in [-0.15, -0.1) is 5.10 Å². The van der Waals surface area contributed by atoms with Gasteiger partial charge in [0.15, 0.2) is 5.69 Å². The normalized spacial score (nSPS) is 20.0. The van der Waals surface area contributed by atoms with Crippen molar-refractivity contribution in [3.05, 3.63) is 35.7 Å². The number of carbonyl (C=O) groups is 1. The molecule has 1 amide bonds. The molecule has 0 radical (unpaired) electrons. The number of nitrogens with two attached hydrogens (primary N) is 1. The van der Waals surface area contributed by atoms with E-state index < -0.39 is 0 Å². The lowest BCUT2D eigenvalue weighted by molar-refractivity contribution is 0.0770. The van der Waals surface area contributed by atoms with Gasteiger partial charge in [0.25, 0.3) is 5.91 Å². The number of hydrogen-bond acceptors (Lipinski definition) is 5. The van der Waals surface area contributed by atoms with Crippen molar-refractivity contribution in [2.24, 2.45) is 11.1 Å². The molecule has 3 rings (SSSR count). The summed E-state index contributed by atoms with van der Waals surface area (Å²) in [6.07, 6.45) is 1.04. The summed E-state index contributed by atoms with van der Waals surface area (Å²) in [6.45, 7) is 9.90. The molecule has 140 valence electrons. The molecule has 1 atom stereocenters. The van der Waals surface area contributed by atoms with Crippen LogP contribution >= 0.6 is 0 Å². The fourth-order valence-electron chi connectivity index (χ4n) is 3.22. The molecular formula is C19H27N5O2. The van der Waals surface area contributed by atoms with E-state index >= 15 is 0 Å². The highest BCUT2D eigenvalue weighted by atomic mass is 16.5. The van der Waals surface area contributed by atoms with Gasteiger partial charge in [-0.1, -0.05) is 12.1 Å². The van der Waals surface area contributed by atoms with Gasteiger partial charge in [-0.3, -0.25) is 4.79 Å². The first-order chi connectivity index (χ1) is 12.3. The summed E-state index contributed by atoms with van der Waals surface area (Å²) < 4.78 is 7.35. The molecule has 7 nitrogen and oxygen atoms in total. The van der Waals surface area contributed by atoms with Crippen LogP contribution in [0.3, 0.4) is 0 Å². The smallest absolute Gasteiger partial charge is 0.276 e. The van der Waals surface area contributed by atoms with Gasteiger partial charge in [0.1, 0.15) is 5.75 Å². The van der Waals surface area contributed by atoms with Gasteiger partial charge in [0, 0.05) is 13.1 Å². The van der Waals surface area contributed by atoms with Crippen LogP contribution in [0.15, 0.2) is 24.3 Å². The Bertz CT molecular complexity index is 784. The van der Waals surface area contributed by atoms with Gasteiger partial charge < -0.3 is 15.4 Å². The van der Waals surface area contributed by atoms with Gasteiger partial charge in [-0.2, -0.15) is 0 Å². The van der Waals surface area contributed by atoms with Gasteiger partial charge in [-0.05, 0) is 63.4 Å². The molecule has 1 aliphatic heterocycles. The second-order valence-corrected chi connectivity index (χ2v) is 7.59. The van der Waals surface area contributed by atoms with Crippen molar-refractivity contribution < 1.29 is 9.53 Å². The summed E-state index contributed by atoms with van der Waals surface area (Å²) in [7, 11) is 0. The van der Waals surface area contributed by atoms with Crippen LogP contribution in [0.4, 0.5) is 0 Å². The van der Waals surface area contributed by atoms with Gasteiger partial charge in [-0.25, -0.2) is 4.68 Å². The van der Waals surface area contributed by atoms with Crippen molar-refractivity contribution in [2.75, 3.05) is 19.6 Å². The minimum atomic E-state index is -0.0781. The fraction of sp³-hybridized carbons (Fsp3) is 0.526. The summed E-state index contributed by atoms with van der Waals surface area (Å²) in [5, 5.41) is 8.32. The van der Waals surface area contributed by atoms with Crippen LogP contribution in [-0.2, 0) is 0 Å². The first kappa shape index (κ1) is 18.4. The molecule has 0 saturated carbocycles. The molecule has 1 fully saturated rings. The van der Waals surface area contributed by atoms with Crippen LogP contribution in [0.2, 0.25) is 0 Å². The third-order valence-electron chi connectivity index (χ3n) is 4.89. The van der Waals surface area contributed by atoms with Crippen LogP contribution in [-0.4, -0.2) is 51.5 Å². The highest BCUT2D eigenvalue weighted by Gasteiger charge is 2.36. The molecule has 1 saturated heterocycles. The second kappa shape index (κ2) is 7.07. The van der Waals surface area contributed by atoms with E-state index in [1.165, 1.54) is 0 Å². The third kappa shape index (κ3) is 3.58. The van der Waals surface area contributed by atoms with E-state index in [4.69, 9.17) is 10.5 Å². The highest BCUT2D eigenvalue weighted by Crippen LogP contribution is 2.29. The topological polar surface area (TPSA) is 86.3 Å². The Morgan fingerprint density at radius 2 is 2.04 bits per heavy atom. The Hall–Kier alpha value is -2.41. The van der Waals surface area contributed by atoms with E-state index in [-0.39, 0.29) is 17.4 Å². The van der Waals surface area contributed by atoms with E-state index in [0.717, 1.165) is 23.6 Å². The third-order valence-corrected chi connectivity index (χ3v) is 4.89.